The van der Waals surface area contributed by atoms with E-state index in [0.717, 1.165) is 0 Å². The summed E-state index contributed by atoms with van der Waals surface area (Å²) in [7, 11) is 3.83. The zero-order valence-corrected chi connectivity index (χ0v) is 12.1. The van der Waals surface area contributed by atoms with Crippen molar-refractivity contribution in [2.45, 2.75) is 0 Å². The van der Waals surface area contributed by atoms with Crippen LogP contribution in [0, 0.1) is 0 Å². The third-order valence-electron chi connectivity index (χ3n) is 2.93. The van der Waals surface area contributed by atoms with E-state index >= 15 is 0 Å². The van der Waals surface area contributed by atoms with E-state index in [2.05, 4.69) is 10.3 Å². The molecule has 1 aromatic carbocycles. The maximum Gasteiger partial charge on any atom is 0.256 e. The molecule has 20 heavy (non-hydrogen) atoms. The summed E-state index contributed by atoms with van der Waals surface area (Å²) >= 11 is 5.87. The standard InChI is InChI=1S/C14H16ClN3O2/c1-18(2)6-5-16-14(20)11-8-17-12-7-9(15)3-4-10(12)13(11)19/h3-4,7-8H,5-6H2,1-2H3,(H,16,20)(H,17,19). The van der Waals surface area contributed by atoms with Gasteiger partial charge in [0, 0.05) is 29.7 Å². The van der Waals surface area contributed by atoms with Crippen molar-refractivity contribution >= 4 is 28.4 Å². The van der Waals surface area contributed by atoms with E-state index in [0.29, 0.717) is 29.0 Å². The highest BCUT2D eigenvalue weighted by atomic mass is 35.5. The van der Waals surface area contributed by atoms with Crippen molar-refractivity contribution in [1.29, 1.82) is 0 Å². The first-order valence-corrected chi connectivity index (χ1v) is 6.60. The van der Waals surface area contributed by atoms with Crippen LogP contribution in [0.3, 0.4) is 0 Å². The zero-order chi connectivity index (χ0) is 14.7. The Kier molecular flexibility index (Phi) is 4.42. The zero-order valence-electron chi connectivity index (χ0n) is 11.4. The summed E-state index contributed by atoms with van der Waals surface area (Å²) < 4.78 is 0. The van der Waals surface area contributed by atoms with Crippen LogP contribution >= 0.6 is 11.6 Å². The molecule has 0 atom stereocenters. The molecule has 0 saturated carbocycles. The SMILES string of the molecule is CN(C)CCNC(=O)c1c[nH]c2cc(Cl)ccc2c1=O. The number of H-pyrrole nitrogens is 1. The Balaban J connectivity index is 2.27. The number of rotatable bonds is 4. The van der Waals surface area contributed by atoms with E-state index in [1.54, 1.807) is 18.2 Å². The summed E-state index contributed by atoms with van der Waals surface area (Å²) in [6.07, 6.45) is 1.42. The lowest BCUT2D eigenvalue weighted by Crippen LogP contribution is -2.34. The fourth-order valence-corrected chi connectivity index (χ4v) is 2.02. The number of halogens is 1. The number of nitrogens with zero attached hydrogens (tertiary/aromatic N) is 1. The van der Waals surface area contributed by atoms with Gasteiger partial charge in [0.2, 0.25) is 5.43 Å². The summed E-state index contributed by atoms with van der Waals surface area (Å²) in [5.41, 5.74) is 0.434. The molecule has 0 aliphatic heterocycles. The topological polar surface area (TPSA) is 65.2 Å². The quantitative estimate of drug-likeness (QED) is 0.897. The number of nitrogens with one attached hydrogen (secondary N) is 2. The molecule has 1 amide bonds. The maximum atomic E-state index is 12.2. The number of hydrogen-bond acceptors (Lipinski definition) is 3. The first kappa shape index (κ1) is 14.6. The van der Waals surface area contributed by atoms with Gasteiger partial charge in [-0.15, -0.1) is 0 Å². The normalized spacial score (nSPS) is 11.0. The molecule has 1 heterocycles. The molecule has 1 aromatic heterocycles. The predicted molar refractivity (Wildman–Crippen MR) is 80.5 cm³/mol. The molecule has 6 heteroatoms. The van der Waals surface area contributed by atoms with Gasteiger partial charge >= 0.3 is 0 Å². The Labute approximate surface area is 121 Å². The smallest absolute Gasteiger partial charge is 0.256 e. The van der Waals surface area contributed by atoms with Crippen LogP contribution in [-0.4, -0.2) is 43.0 Å². The third-order valence-corrected chi connectivity index (χ3v) is 3.17. The van der Waals surface area contributed by atoms with Crippen LogP contribution in [0.5, 0.6) is 0 Å². The van der Waals surface area contributed by atoms with Gasteiger partial charge in [-0.25, -0.2) is 0 Å². The molecule has 2 N–H and O–H groups in total. The van der Waals surface area contributed by atoms with E-state index in [1.165, 1.54) is 6.20 Å². The van der Waals surface area contributed by atoms with Crippen LogP contribution in [-0.2, 0) is 0 Å². The minimum Gasteiger partial charge on any atom is -0.360 e. The predicted octanol–water partition coefficient (Wildman–Crippen LogP) is 1.47. The molecule has 106 valence electrons. The van der Waals surface area contributed by atoms with Crippen molar-refractivity contribution < 1.29 is 4.79 Å². The Bertz CT molecular complexity index is 694. The molecular formula is C14H16ClN3O2. The van der Waals surface area contributed by atoms with Crippen LogP contribution < -0.4 is 10.7 Å². The number of amides is 1. The number of hydrogen-bond donors (Lipinski definition) is 2. The molecular weight excluding hydrogens is 278 g/mol. The summed E-state index contributed by atoms with van der Waals surface area (Å²) in [6.45, 7) is 1.21. The van der Waals surface area contributed by atoms with Crippen LogP contribution in [0.1, 0.15) is 10.4 Å². The Hall–Kier alpha value is -1.85. The van der Waals surface area contributed by atoms with Crippen molar-refractivity contribution in [2.24, 2.45) is 0 Å². The molecule has 0 aliphatic carbocycles. The minimum absolute atomic E-state index is 0.110. The summed E-state index contributed by atoms with van der Waals surface area (Å²) in [6, 6.07) is 4.91. The fraction of sp³-hybridized carbons (Fsp3) is 0.286. The lowest BCUT2D eigenvalue weighted by molar-refractivity contribution is 0.0950. The number of pyridine rings is 1. The van der Waals surface area contributed by atoms with Crippen molar-refractivity contribution in [2.75, 3.05) is 27.2 Å². The molecule has 0 spiro atoms. The molecule has 0 bridgehead atoms. The van der Waals surface area contributed by atoms with Gasteiger partial charge in [0.15, 0.2) is 0 Å². The van der Waals surface area contributed by atoms with Gasteiger partial charge in [0.1, 0.15) is 5.56 Å². The Morgan fingerprint density at radius 2 is 2.15 bits per heavy atom. The highest BCUT2D eigenvalue weighted by Gasteiger charge is 2.12. The van der Waals surface area contributed by atoms with Crippen molar-refractivity contribution in [1.82, 2.24) is 15.2 Å². The Morgan fingerprint density at radius 3 is 2.85 bits per heavy atom. The van der Waals surface area contributed by atoms with Gasteiger partial charge < -0.3 is 15.2 Å². The second-order valence-corrected chi connectivity index (χ2v) is 5.22. The van der Waals surface area contributed by atoms with Crippen LogP contribution in [0.25, 0.3) is 10.9 Å². The first-order chi connectivity index (χ1) is 9.49. The van der Waals surface area contributed by atoms with Gasteiger partial charge in [-0.3, -0.25) is 9.59 Å². The molecule has 0 aliphatic rings. The molecule has 2 aromatic rings. The van der Waals surface area contributed by atoms with Crippen molar-refractivity contribution in [3.8, 4) is 0 Å². The number of aromatic amines is 1. The second-order valence-electron chi connectivity index (χ2n) is 4.78. The summed E-state index contributed by atoms with van der Waals surface area (Å²) in [4.78, 5) is 29.1. The number of aromatic nitrogens is 1. The largest absolute Gasteiger partial charge is 0.360 e. The minimum atomic E-state index is -0.370. The second kappa shape index (κ2) is 6.07. The van der Waals surface area contributed by atoms with Gasteiger partial charge in [0.25, 0.3) is 5.91 Å². The van der Waals surface area contributed by atoms with Gasteiger partial charge in [0.05, 0.1) is 5.52 Å². The highest BCUT2D eigenvalue weighted by Crippen LogP contribution is 2.14. The monoisotopic (exact) mass is 293 g/mol. The molecule has 0 saturated heterocycles. The van der Waals surface area contributed by atoms with E-state index < -0.39 is 0 Å². The number of carbonyl (C=O) groups excluding carboxylic acids is 1. The fourth-order valence-electron chi connectivity index (χ4n) is 1.85. The maximum absolute atomic E-state index is 12.2. The van der Waals surface area contributed by atoms with E-state index in [4.69, 9.17) is 11.6 Å². The lowest BCUT2D eigenvalue weighted by atomic mass is 10.1. The average Bonchev–Trinajstić information content (AvgIpc) is 2.38. The molecule has 5 nitrogen and oxygen atoms in total. The van der Waals surface area contributed by atoms with Gasteiger partial charge in [-0.2, -0.15) is 0 Å². The van der Waals surface area contributed by atoms with Crippen LogP contribution in [0.4, 0.5) is 0 Å². The van der Waals surface area contributed by atoms with E-state index in [9.17, 15) is 9.59 Å². The number of benzene rings is 1. The number of likely N-dealkylation sites (N-methyl/N-ethyl adjacent to an activating group) is 1. The van der Waals surface area contributed by atoms with E-state index in [1.807, 2.05) is 19.0 Å². The molecule has 0 unspecified atom stereocenters. The van der Waals surface area contributed by atoms with Gasteiger partial charge in [-0.1, -0.05) is 11.6 Å². The molecule has 0 fully saturated rings. The van der Waals surface area contributed by atoms with Crippen molar-refractivity contribution in [3.05, 3.63) is 45.2 Å². The van der Waals surface area contributed by atoms with Gasteiger partial charge in [-0.05, 0) is 32.3 Å². The highest BCUT2D eigenvalue weighted by molar-refractivity contribution is 6.31. The third kappa shape index (κ3) is 3.18. The van der Waals surface area contributed by atoms with Crippen LogP contribution in [0.2, 0.25) is 5.02 Å². The van der Waals surface area contributed by atoms with E-state index in [-0.39, 0.29) is 16.9 Å². The Morgan fingerprint density at radius 1 is 1.40 bits per heavy atom. The number of carbonyl (C=O) groups is 1. The summed E-state index contributed by atoms with van der Waals surface area (Å²) in [5, 5.41) is 3.71. The average molecular weight is 294 g/mol. The number of fused-ring (bicyclic) bond motifs is 1. The lowest BCUT2D eigenvalue weighted by Gasteiger charge is -2.10. The van der Waals surface area contributed by atoms with Crippen molar-refractivity contribution in [3.63, 3.8) is 0 Å². The first-order valence-electron chi connectivity index (χ1n) is 6.23. The van der Waals surface area contributed by atoms with Crippen LogP contribution in [0.15, 0.2) is 29.2 Å². The molecule has 0 radical (unpaired) electrons. The summed E-state index contributed by atoms with van der Waals surface area (Å²) in [5.74, 6) is -0.370. The molecule has 2 rings (SSSR count).